The summed E-state index contributed by atoms with van der Waals surface area (Å²) in [5, 5.41) is 10.3. The lowest BCUT2D eigenvalue weighted by atomic mass is 9.90. The number of hydrogen-bond acceptors (Lipinski definition) is 5. The monoisotopic (exact) mass is 456 g/mol. The third-order valence-corrected chi connectivity index (χ3v) is 5.70. The number of anilines is 1. The standard InChI is InChI=1S/C23H29FN6O3/c24-16-3-1-15(2-4-16)13-33-20-12-17(5-6-18(20)21(26)31)29-22(32)19(25)11-14-7-9-30(10-8-14)23(27)28/h1-6,12,14,19H,7-11,13,25H2,(H2,26,31)(H3,27,28)(H,29,32)/t19-/m0/s1. The van der Waals surface area contributed by atoms with Crippen molar-refractivity contribution >= 4 is 23.5 Å². The molecule has 9 nitrogen and oxygen atoms in total. The molecule has 10 heteroatoms. The summed E-state index contributed by atoms with van der Waals surface area (Å²) in [6.07, 6.45) is 2.15. The van der Waals surface area contributed by atoms with Crippen LogP contribution in [0.5, 0.6) is 5.75 Å². The van der Waals surface area contributed by atoms with Crippen molar-refractivity contribution in [2.24, 2.45) is 23.1 Å². The Morgan fingerprint density at radius 2 is 1.82 bits per heavy atom. The summed E-state index contributed by atoms with van der Waals surface area (Å²) in [7, 11) is 0. The van der Waals surface area contributed by atoms with E-state index < -0.39 is 11.9 Å². The van der Waals surface area contributed by atoms with Crippen molar-refractivity contribution in [1.82, 2.24) is 4.90 Å². The van der Waals surface area contributed by atoms with E-state index >= 15 is 0 Å². The second kappa shape index (κ2) is 10.8. The van der Waals surface area contributed by atoms with E-state index in [4.69, 9.17) is 27.3 Å². The van der Waals surface area contributed by atoms with Gasteiger partial charge in [0.05, 0.1) is 11.6 Å². The van der Waals surface area contributed by atoms with Gasteiger partial charge in [-0.1, -0.05) is 12.1 Å². The summed E-state index contributed by atoms with van der Waals surface area (Å²) in [6, 6.07) is 9.61. The number of nitrogens with two attached hydrogens (primary N) is 3. The first-order valence-electron chi connectivity index (χ1n) is 10.7. The highest BCUT2D eigenvalue weighted by atomic mass is 19.1. The molecule has 0 spiro atoms. The van der Waals surface area contributed by atoms with Gasteiger partial charge in [-0.25, -0.2) is 4.39 Å². The Morgan fingerprint density at radius 3 is 2.42 bits per heavy atom. The minimum Gasteiger partial charge on any atom is -0.488 e. The van der Waals surface area contributed by atoms with Gasteiger partial charge >= 0.3 is 0 Å². The van der Waals surface area contributed by atoms with Crippen LogP contribution in [0, 0.1) is 17.1 Å². The third kappa shape index (κ3) is 6.66. The predicted molar refractivity (Wildman–Crippen MR) is 123 cm³/mol. The van der Waals surface area contributed by atoms with Gasteiger partial charge in [-0.05, 0) is 55.0 Å². The largest absolute Gasteiger partial charge is 0.488 e. The summed E-state index contributed by atoms with van der Waals surface area (Å²) in [4.78, 5) is 26.2. The summed E-state index contributed by atoms with van der Waals surface area (Å²) in [5.74, 6) is -0.840. The van der Waals surface area contributed by atoms with Crippen molar-refractivity contribution in [2.75, 3.05) is 18.4 Å². The van der Waals surface area contributed by atoms with Crippen LogP contribution in [0.4, 0.5) is 10.1 Å². The lowest BCUT2D eigenvalue weighted by Gasteiger charge is -2.33. The highest BCUT2D eigenvalue weighted by molar-refractivity contribution is 5.98. The van der Waals surface area contributed by atoms with E-state index in [0.29, 0.717) is 30.8 Å². The molecule has 1 aliphatic rings. The highest BCUT2D eigenvalue weighted by Gasteiger charge is 2.25. The first kappa shape index (κ1) is 24.0. The molecule has 1 saturated heterocycles. The van der Waals surface area contributed by atoms with Crippen LogP contribution >= 0.6 is 0 Å². The fraction of sp³-hybridized carbons (Fsp3) is 0.348. The van der Waals surface area contributed by atoms with E-state index in [1.807, 2.05) is 0 Å². The number of nitrogens with zero attached hydrogens (tertiary/aromatic N) is 1. The van der Waals surface area contributed by atoms with Crippen LogP contribution in [-0.2, 0) is 11.4 Å². The van der Waals surface area contributed by atoms with Crippen molar-refractivity contribution in [3.63, 3.8) is 0 Å². The first-order valence-corrected chi connectivity index (χ1v) is 10.7. The van der Waals surface area contributed by atoms with E-state index in [1.54, 1.807) is 23.1 Å². The lowest BCUT2D eigenvalue weighted by Crippen LogP contribution is -2.44. The van der Waals surface area contributed by atoms with Gasteiger partial charge in [-0.2, -0.15) is 0 Å². The average Bonchev–Trinajstić information content (AvgIpc) is 2.79. The number of ether oxygens (including phenoxy) is 1. The van der Waals surface area contributed by atoms with Gasteiger partial charge in [0.2, 0.25) is 5.91 Å². The average molecular weight is 457 g/mol. The number of halogens is 1. The maximum absolute atomic E-state index is 13.1. The molecule has 176 valence electrons. The van der Waals surface area contributed by atoms with Gasteiger partial charge in [-0.15, -0.1) is 0 Å². The molecular weight excluding hydrogens is 427 g/mol. The number of hydrogen-bond donors (Lipinski definition) is 5. The number of amides is 2. The van der Waals surface area contributed by atoms with Gasteiger partial charge in [-0.3, -0.25) is 15.0 Å². The Balaban J connectivity index is 1.60. The molecule has 2 aromatic carbocycles. The van der Waals surface area contributed by atoms with Gasteiger partial charge in [0, 0.05) is 24.8 Å². The van der Waals surface area contributed by atoms with Crippen molar-refractivity contribution in [2.45, 2.75) is 31.9 Å². The smallest absolute Gasteiger partial charge is 0.252 e. The minimum atomic E-state index is -0.710. The second-order valence-electron chi connectivity index (χ2n) is 8.14. The van der Waals surface area contributed by atoms with E-state index in [0.717, 1.165) is 12.8 Å². The number of primary amides is 1. The molecule has 0 bridgehead atoms. The summed E-state index contributed by atoms with van der Waals surface area (Å²) < 4.78 is 18.8. The van der Waals surface area contributed by atoms with E-state index in [-0.39, 0.29) is 41.5 Å². The lowest BCUT2D eigenvalue weighted by molar-refractivity contribution is -0.117. The summed E-state index contributed by atoms with van der Waals surface area (Å²) >= 11 is 0. The van der Waals surface area contributed by atoms with Crippen LogP contribution < -0.4 is 27.3 Å². The quantitative estimate of drug-likeness (QED) is 0.300. The number of benzene rings is 2. The SMILES string of the molecule is N=C(N)N1CCC(C[C@H](N)C(=O)Nc2ccc(C(N)=O)c(OCc3ccc(F)cc3)c2)CC1. The van der Waals surface area contributed by atoms with Crippen molar-refractivity contribution in [3.05, 3.63) is 59.4 Å². The Labute approximate surface area is 191 Å². The molecule has 3 rings (SSSR count). The molecule has 0 saturated carbocycles. The van der Waals surface area contributed by atoms with Crippen LogP contribution in [0.3, 0.4) is 0 Å². The first-order chi connectivity index (χ1) is 15.7. The molecule has 8 N–H and O–H groups in total. The van der Waals surface area contributed by atoms with E-state index in [2.05, 4.69) is 5.32 Å². The molecule has 0 aliphatic carbocycles. The number of rotatable bonds is 8. The minimum absolute atomic E-state index is 0.0624. The topological polar surface area (TPSA) is 161 Å². The highest BCUT2D eigenvalue weighted by Crippen LogP contribution is 2.26. The number of carbonyl (C=O) groups is 2. The molecule has 33 heavy (non-hydrogen) atoms. The Hall–Kier alpha value is -3.66. The molecule has 1 atom stereocenters. The summed E-state index contributed by atoms with van der Waals surface area (Å²) in [6.45, 7) is 1.45. The van der Waals surface area contributed by atoms with Crippen LogP contribution in [0.15, 0.2) is 42.5 Å². The maximum atomic E-state index is 13.1. The molecule has 2 aromatic rings. The number of likely N-dealkylation sites (tertiary alicyclic amines) is 1. The number of carbonyl (C=O) groups excluding carboxylic acids is 2. The van der Waals surface area contributed by atoms with Crippen LogP contribution in [0.2, 0.25) is 0 Å². The van der Waals surface area contributed by atoms with Gasteiger partial charge in [0.25, 0.3) is 5.91 Å². The zero-order valence-electron chi connectivity index (χ0n) is 18.2. The number of piperidine rings is 1. The molecule has 1 heterocycles. The van der Waals surface area contributed by atoms with Crippen LogP contribution in [0.1, 0.15) is 35.2 Å². The van der Waals surface area contributed by atoms with Crippen molar-refractivity contribution in [1.29, 1.82) is 5.41 Å². The van der Waals surface area contributed by atoms with Gasteiger partial charge < -0.3 is 32.2 Å². The molecule has 0 radical (unpaired) electrons. The van der Waals surface area contributed by atoms with E-state index in [1.165, 1.54) is 24.3 Å². The molecule has 1 aliphatic heterocycles. The predicted octanol–water partition coefficient (Wildman–Crippen LogP) is 1.76. The summed E-state index contributed by atoms with van der Waals surface area (Å²) in [5.41, 5.74) is 18.4. The third-order valence-electron chi connectivity index (χ3n) is 5.70. The molecule has 2 amide bonds. The van der Waals surface area contributed by atoms with Crippen molar-refractivity contribution in [3.8, 4) is 5.75 Å². The molecule has 1 fully saturated rings. The Kier molecular flexibility index (Phi) is 7.83. The van der Waals surface area contributed by atoms with Crippen LogP contribution in [-0.4, -0.2) is 41.8 Å². The molecule has 0 unspecified atom stereocenters. The van der Waals surface area contributed by atoms with Gasteiger partial charge in [0.1, 0.15) is 18.2 Å². The fourth-order valence-electron chi connectivity index (χ4n) is 3.78. The zero-order chi connectivity index (χ0) is 24.0. The molecular formula is C23H29FN6O3. The fourth-order valence-corrected chi connectivity index (χ4v) is 3.78. The van der Waals surface area contributed by atoms with Crippen LogP contribution in [0.25, 0.3) is 0 Å². The number of guanidine groups is 1. The van der Waals surface area contributed by atoms with Crippen molar-refractivity contribution < 1.29 is 18.7 Å². The normalized spacial score (nSPS) is 15.0. The zero-order valence-corrected chi connectivity index (χ0v) is 18.2. The van der Waals surface area contributed by atoms with Gasteiger partial charge in [0.15, 0.2) is 5.96 Å². The Bertz CT molecular complexity index is 1010. The second-order valence-corrected chi connectivity index (χ2v) is 8.14. The Morgan fingerprint density at radius 1 is 1.15 bits per heavy atom. The van der Waals surface area contributed by atoms with E-state index in [9.17, 15) is 14.0 Å². The molecule has 0 aromatic heterocycles. The number of nitrogens with one attached hydrogen (secondary N) is 2. The maximum Gasteiger partial charge on any atom is 0.252 e.